The van der Waals surface area contributed by atoms with Gasteiger partial charge < -0.3 is 15.0 Å². The Balaban J connectivity index is 1.83. The Morgan fingerprint density at radius 2 is 2.04 bits per heavy atom. The molecule has 2 N–H and O–H groups in total. The summed E-state index contributed by atoms with van der Waals surface area (Å²) < 4.78 is 0. The molecule has 0 radical (unpaired) electrons. The number of fused-ring (bicyclic) bond motifs is 1. The van der Waals surface area contributed by atoms with Crippen LogP contribution in [0.5, 0.6) is 0 Å². The first-order valence-electron chi connectivity index (χ1n) is 8.48. The quantitative estimate of drug-likeness (QED) is 0.895. The molecule has 1 fully saturated rings. The van der Waals surface area contributed by atoms with Gasteiger partial charge in [-0.05, 0) is 51.6 Å². The van der Waals surface area contributed by atoms with Crippen molar-refractivity contribution in [3.8, 4) is 0 Å². The number of nitrogens with zero attached hydrogens (tertiary/aromatic N) is 2. The molecule has 2 aromatic rings. The van der Waals surface area contributed by atoms with Gasteiger partial charge in [0.15, 0.2) is 5.43 Å². The van der Waals surface area contributed by atoms with Crippen LogP contribution in [0.25, 0.3) is 10.9 Å². The lowest BCUT2D eigenvalue weighted by molar-refractivity contribution is 0.0239. The predicted octanol–water partition coefficient (Wildman–Crippen LogP) is 1.64. The summed E-state index contributed by atoms with van der Waals surface area (Å²) in [5.41, 5.74) is 3.43. The van der Waals surface area contributed by atoms with Gasteiger partial charge in [-0.25, -0.2) is 0 Å². The third-order valence-electron chi connectivity index (χ3n) is 4.75. The van der Waals surface area contributed by atoms with Crippen LogP contribution in [-0.2, 0) is 6.54 Å². The van der Waals surface area contributed by atoms with Crippen LogP contribution in [0.2, 0.25) is 0 Å². The first-order chi connectivity index (χ1) is 11.3. The van der Waals surface area contributed by atoms with Crippen LogP contribution in [0.3, 0.4) is 0 Å². The second kappa shape index (κ2) is 6.31. The molecule has 0 bridgehead atoms. The topological polar surface area (TPSA) is 59.6 Å². The number of hydrogen-bond acceptors (Lipinski definition) is 4. The summed E-state index contributed by atoms with van der Waals surface area (Å²) in [4.78, 5) is 20.1. The van der Waals surface area contributed by atoms with E-state index < -0.39 is 5.60 Å². The van der Waals surface area contributed by atoms with Crippen molar-refractivity contribution < 1.29 is 5.11 Å². The third-order valence-corrected chi connectivity index (χ3v) is 4.75. The highest BCUT2D eigenvalue weighted by molar-refractivity contribution is 5.82. The molecule has 130 valence electrons. The van der Waals surface area contributed by atoms with Crippen LogP contribution in [0, 0.1) is 13.8 Å². The lowest BCUT2D eigenvalue weighted by Gasteiger charge is -2.26. The van der Waals surface area contributed by atoms with Crippen LogP contribution in [-0.4, -0.2) is 59.2 Å². The lowest BCUT2D eigenvalue weighted by Crippen LogP contribution is -2.42. The zero-order valence-electron chi connectivity index (χ0n) is 15.0. The standard InChI is InChI=1S/C19H27N3O2/c1-13-7-14(2)18-16(8-13)17(23)9-15(20-18)10-22-6-5-19(24,12-22)11-21(3)4/h7-9,24H,5-6,10-12H2,1-4H3,(H,20,23)/t19-/m0/s1. The number of aliphatic hydroxyl groups is 1. The summed E-state index contributed by atoms with van der Waals surface area (Å²) in [7, 11) is 3.96. The number of pyridine rings is 1. The van der Waals surface area contributed by atoms with Gasteiger partial charge >= 0.3 is 0 Å². The van der Waals surface area contributed by atoms with Gasteiger partial charge in [-0.2, -0.15) is 0 Å². The summed E-state index contributed by atoms with van der Waals surface area (Å²) >= 11 is 0. The fourth-order valence-corrected chi connectivity index (χ4v) is 3.88. The van der Waals surface area contributed by atoms with E-state index in [4.69, 9.17) is 0 Å². The van der Waals surface area contributed by atoms with Crippen molar-refractivity contribution in [3.63, 3.8) is 0 Å². The van der Waals surface area contributed by atoms with Crippen LogP contribution in [0.15, 0.2) is 23.0 Å². The maximum Gasteiger partial charge on any atom is 0.189 e. The summed E-state index contributed by atoms with van der Waals surface area (Å²) in [5, 5.41) is 11.4. The van der Waals surface area contributed by atoms with Crippen molar-refractivity contribution in [2.24, 2.45) is 0 Å². The molecule has 1 aromatic carbocycles. The Labute approximate surface area is 142 Å². The minimum atomic E-state index is -0.659. The van der Waals surface area contributed by atoms with E-state index in [1.165, 1.54) is 0 Å². The number of rotatable bonds is 4. The minimum absolute atomic E-state index is 0.0632. The molecule has 5 heteroatoms. The van der Waals surface area contributed by atoms with E-state index in [1.54, 1.807) is 6.07 Å². The van der Waals surface area contributed by atoms with Gasteiger partial charge in [0.05, 0.1) is 11.1 Å². The molecular weight excluding hydrogens is 302 g/mol. The van der Waals surface area contributed by atoms with E-state index in [0.29, 0.717) is 19.6 Å². The van der Waals surface area contributed by atoms with Crippen molar-refractivity contribution in [1.29, 1.82) is 0 Å². The maximum absolute atomic E-state index is 12.5. The summed E-state index contributed by atoms with van der Waals surface area (Å²) in [6, 6.07) is 5.73. The number of hydrogen-bond donors (Lipinski definition) is 2. The average molecular weight is 329 g/mol. The van der Waals surface area contributed by atoms with E-state index in [-0.39, 0.29) is 5.43 Å². The smallest absolute Gasteiger partial charge is 0.189 e. The molecule has 0 amide bonds. The van der Waals surface area contributed by atoms with Crippen LogP contribution in [0.1, 0.15) is 23.2 Å². The Morgan fingerprint density at radius 1 is 1.29 bits per heavy atom. The first-order valence-corrected chi connectivity index (χ1v) is 8.48. The average Bonchev–Trinajstić information content (AvgIpc) is 2.80. The highest BCUT2D eigenvalue weighted by Gasteiger charge is 2.36. The molecule has 3 rings (SSSR count). The van der Waals surface area contributed by atoms with Crippen LogP contribution < -0.4 is 5.43 Å². The highest BCUT2D eigenvalue weighted by Crippen LogP contribution is 2.24. The fourth-order valence-electron chi connectivity index (χ4n) is 3.88. The van der Waals surface area contributed by atoms with Crippen LogP contribution >= 0.6 is 0 Å². The molecule has 1 atom stereocenters. The van der Waals surface area contributed by atoms with Gasteiger partial charge in [-0.15, -0.1) is 0 Å². The summed E-state index contributed by atoms with van der Waals surface area (Å²) in [6.45, 7) is 6.84. The largest absolute Gasteiger partial charge is 0.387 e. The van der Waals surface area contributed by atoms with Gasteiger partial charge in [-0.3, -0.25) is 9.69 Å². The van der Waals surface area contributed by atoms with Gasteiger partial charge in [0, 0.05) is 43.3 Å². The molecule has 1 aliphatic rings. The van der Waals surface area contributed by atoms with Crippen LogP contribution in [0.4, 0.5) is 0 Å². The molecule has 0 unspecified atom stereocenters. The summed E-state index contributed by atoms with van der Waals surface area (Å²) in [6.07, 6.45) is 0.765. The molecular formula is C19H27N3O2. The number of benzene rings is 1. The fraction of sp³-hybridized carbons (Fsp3) is 0.526. The molecule has 2 heterocycles. The van der Waals surface area contributed by atoms with Gasteiger partial charge in [-0.1, -0.05) is 6.07 Å². The molecule has 1 aliphatic heterocycles. The van der Waals surface area contributed by atoms with Crippen molar-refractivity contribution in [3.05, 3.63) is 45.2 Å². The molecule has 0 saturated carbocycles. The summed E-state index contributed by atoms with van der Waals surface area (Å²) in [5.74, 6) is 0. The maximum atomic E-state index is 12.5. The van der Waals surface area contributed by atoms with Gasteiger partial charge in [0.25, 0.3) is 0 Å². The Hall–Kier alpha value is -1.69. The molecule has 1 aromatic heterocycles. The third kappa shape index (κ3) is 3.53. The Morgan fingerprint density at radius 3 is 2.75 bits per heavy atom. The first kappa shape index (κ1) is 17.1. The van der Waals surface area contributed by atoms with E-state index in [0.717, 1.165) is 40.7 Å². The molecule has 5 nitrogen and oxygen atoms in total. The lowest BCUT2D eigenvalue weighted by atomic mass is 10.0. The van der Waals surface area contributed by atoms with Crippen molar-refractivity contribution in [2.75, 3.05) is 33.7 Å². The number of β-amino-alcohol motifs (C(OH)–C–C–N with tert-alkyl or cyclic N) is 1. The number of nitrogens with one attached hydrogen (secondary N) is 1. The van der Waals surface area contributed by atoms with Gasteiger partial charge in [0.2, 0.25) is 0 Å². The number of likely N-dealkylation sites (N-methyl/N-ethyl adjacent to an activating group) is 1. The number of aromatic amines is 1. The van der Waals surface area contributed by atoms with Crippen molar-refractivity contribution in [1.82, 2.24) is 14.8 Å². The number of H-pyrrole nitrogens is 1. The van der Waals surface area contributed by atoms with Gasteiger partial charge in [0.1, 0.15) is 0 Å². The minimum Gasteiger partial charge on any atom is -0.387 e. The monoisotopic (exact) mass is 329 g/mol. The van der Waals surface area contributed by atoms with E-state index in [9.17, 15) is 9.90 Å². The highest BCUT2D eigenvalue weighted by atomic mass is 16.3. The van der Waals surface area contributed by atoms with E-state index in [2.05, 4.69) is 16.0 Å². The number of likely N-dealkylation sites (tertiary alicyclic amines) is 1. The molecule has 24 heavy (non-hydrogen) atoms. The SMILES string of the molecule is Cc1cc(C)c2[nH]c(CN3CC[C@](O)(CN(C)C)C3)cc(=O)c2c1. The Kier molecular flexibility index (Phi) is 4.51. The zero-order chi connectivity index (χ0) is 17.5. The van der Waals surface area contributed by atoms with E-state index >= 15 is 0 Å². The molecule has 0 spiro atoms. The predicted molar refractivity (Wildman–Crippen MR) is 97.4 cm³/mol. The normalized spacial score (nSPS) is 21.9. The number of aromatic nitrogens is 1. The second-order valence-electron chi connectivity index (χ2n) is 7.59. The second-order valence-corrected chi connectivity index (χ2v) is 7.59. The van der Waals surface area contributed by atoms with E-state index in [1.807, 2.05) is 38.9 Å². The zero-order valence-corrected chi connectivity index (χ0v) is 15.0. The van der Waals surface area contributed by atoms with Crippen molar-refractivity contribution in [2.45, 2.75) is 32.4 Å². The van der Waals surface area contributed by atoms with Crippen molar-refractivity contribution >= 4 is 10.9 Å². The molecule has 1 saturated heterocycles. The Bertz CT molecular complexity index is 812. The number of aryl methyl sites for hydroxylation is 2. The molecule has 0 aliphatic carbocycles.